The van der Waals surface area contributed by atoms with E-state index < -0.39 is 11.6 Å². The quantitative estimate of drug-likeness (QED) is 0.856. The fourth-order valence-corrected chi connectivity index (χ4v) is 1.87. The summed E-state index contributed by atoms with van der Waals surface area (Å²) in [6.07, 6.45) is 1.91. The molecule has 0 atom stereocenters. The lowest BCUT2D eigenvalue weighted by Crippen LogP contribution is -2.05. The van der Waals surface area contributed by atoms with E-state index in [1.807, 2.05) is 29.9 Å². The summed E-state index contributed by atoms with van der Waals surface area (Å²) in [5, 5.41) is 2.93. The van der Waals surface area contributed by atoms with Gasteiger partial charge in [-0.2, -0.15) is 0 Å². The second-order valence-electron chi connectivity index (χ2n) is 3.71. The fraction of sp³-hybridized carbons (Fsp3) is 0.167. The molecule has 0 unspecified atom stereocenters. The molecule has 0 saturated heterocycles. The Labute approximate surface area is 106 Å². The molecule has 1 N–H and O–H groups in total. The number of aromatic nitrogens is 1. The van der Waals surface area contributed by atoms with Gasteiger partial charge in [0.2, 0.25) is 0 Å². The van der Waals surface area contributed by atoms with Gasteiger partial charge in [0.25, 0.3) is 0 Å². The first-order chi connectivity index (χ1) is 8.08. The average molecular weight is 301 g/mol. The highest BCUT2D eigenvalue weighted by atomic mass is 79.9. The van der Waals surface area contributed by atoms with Gasteiger partial charge >= 0.3 is 0 Å². The summed E-state index contributed by atoms with van der Waals surface area (Å²) in [7, 11) is 1.91. The summed E-state index contributed by atoms with van der Waals surface area (Å²) in [5.74, 6) is -1.20. The largest absolute Gasteiger partial charge is 0.377 e. The Morgan fingerprint density at radius 3 is 2.71 bits per heavy atom. The van der Waals surface area contributed by atoms with Crippen LogP contribution in [0.3, 0.4) is 0 Å². The molecule has 0 saturated carbocycles. The molecule has 2 nitrogen and oxygen atoms in total. The van der Waals surface area contributed by atoms with Crippen LogP contribution in [0, 0.1) is 11.6 Å². The molecular formula is C12H11BrF2N2. The van der Waals surface area contributed by atoms with E-state index in [1.165, 1.54) is 6.07 Å². The van der Waals surface area contributed by atoms with E-state index in [0.717, 1.165) is 11.8 Å². The van der Waals surface area contributed by atoms with Crippen molar-refractivity contribution in [2.45, 2.75) is 6.54 Å². The Balaban J connectivity index is 2.14. The van der Waals surface area contributed by atoms with Crippen LogP contribution < -0.4 is 5.32 Å². The molecule has 0 bridgehead atoms. The SMILES string of the molecule is Cn1cccc1CNc1cc(Br)c(F)cc1F. The molecule has 0 radical (unpaired) electrons. The number of nitrogens with one attached hydrogen (secondary N) is 1. The number of hydrogen-bond acceptors (Lipinski definition) is 1. The van der Waals surface area contributed by atoms with E-state index in [4.69, 9.17) is 0 Å². The third kappa shape index (κ3) is 2.66. The van der Waals surface area contributed by atoms with Gasteiger partial charge < -0.3 is 9.88 Å². The topological polar surface area (TPSA) is 17.0 Å². The van der Waals surface area contributed by atoms with Crippen molar-refractivity contribution in [3.05, 3.63) is 52.3 Å². The lowest BCUT2D eigenvalue weighted by molar-refractivity contribution is 0.580. The van der Waals surface area contributed by atoms with Crippen molar-refractivity contribution < 1.29 is 8.78 Å². The van der Waals surface area contributed by atoms with Crippen LogP contribution in [0.2, 0.25) is 0 Å². The van der Waals surface area contributed by atoms with Gasteiger partial charge in [0.1, 0.15) is 11.6 Å². The highest BCUT2D eigenvalue weighted by molar-refractivity contribution is 9.10. The van der Waals surface area contributed by atoms with Crippen molar-refractivity contribution in [2.24, 2.45) is 7.05 Å². The summed E-state index contributed by atoms with van der Waals surface area (Å²) in [6.45, 7) is 0.485. The molecule has 1 aromatic heterocycles. The van der Waals surface area contributed by atoms with Gasteiger partial charge in [-0.05, 0) is 34.1 Å². The second kappa shape index (κ2) is 4.87. The van der Waals surface area contributed by atoms with Crippen molar-refractivity contribution in [3.63, 3.8) is 0 Å². The Morgan fingerprint density at radius 1 is 1.29 bits per heavy atom. The lowest BCUT2D eigenvalue weighted by Gasteiger charge is -2.09. The molecule has 2 rings (SSSR count). The summed E-state index contributed by atoms with van der Waals surface area (Å²) in [5.41, 5.74) is 1.30. The second-order valence-corrected chi connectivity index (χ2v) is 4.56. The summed E-state index contributed by atoms with van der Waals surface area (Å²) < 4.78 is 28.6. The summed E-state index contributed by atoms with van der Waals surface area (Å²) in [4.78, 5) is 0. The molecule has 0 aliphatic rings. The third-order valence-corrected chi connectivity index (χ3v) is 3.13. The monoisotopic (exact) mass is 300 g/mol. The molecular weight excluding hydrogens is 290 g/mol. The number of aryl methyl sites for hydroxylation is 1. The van der Waals surface area contributed by atoms with E-state index in [0.29, 0.717) is 6.54 Å². The molecule has 0 fully saturated rings. The Bertz CT molecular complexity index is 537. The van der Waals surface area contributed by atoms with Crippen molar-refractivity contribution in [3.8, 4) is 0 Å². The molecule has 0 spiro atoms. The number of hydrogen-bond donors (Lipinski definition) is 1. The van der Waals surface area contributed by atoms with Crippen molar-refractivity contribution in [1.82, 2.24) is 4.57 Å². The highest BCUT2D eigenvalue weighted by Crippen LogP contribution is 2.24. The van der Waals surface area contributed by atoms with Crippen LogP contribution in [0.5, 0.6) is 0 Å². The standard InChI is InChI=1S/C12H11BrF2N2/c1-17-4-2-3-8(17)7-16-12-5-9(13)10(14)6-11(12)15/h2-6,16H,7H2,1H3. The van der Waals surface area contributed by atoms with Crippen molar-refractivity contribution >= 4 is 21.6 Å². The van der Waals surface area contributed by atoms with Crippen LogP contribution >= 0.6 is 15.9 Å². The molecule has 5 heteroatoms. The zero-order chi connectivity index (χ0) is 12.4. The predicted octanol–water partition coefficient (Wildman–Crippen LogP) is 3.68. The van der Waals surface area contributed by atoms with E-state index in [1.54, 1.807) is 0 Å². The predicted molar refractivity (Wildman–Crippen MR) is 66.8 cm³/mol. The van der Waals surface area contributed by atoms with Crippen LogP contribution in [-0.2, 0) is 13.6 Å². The van der Waals surface area contributed by atoms with Gasteiger partial charge in [-0.25, -0.2) is 8.78 Å². The molecule has 17 heavy (non-hydrogen) atoms. The van der Waals surface area contributed by atoms with Gasteiger partial charge in [0, 0.05) is 25.0 Å². The maximum Gasteiger partial charge on any atom is 0.149 e. The Kier molecular flexibility index (Phi) is 3.47. The normalized spacial score (nSPS) is 10.6. The number of halogens is 3. The minimum Gasteiger partial charge on any atom is -0.377 e. The minimum absolute atomic E-state index is 0.244. The highest BCUT2D eigenvalue weighted by Gasteiger charge is 2.08. The average Bonchev–Trinajstić information content (AvgIpc) is 2.68. The van der Waals surface area contributed by atoms with Gasteiger partial charge in [-0.1, -0.05) is 0 Å². The first kappa shape index (κ1) is 12.1. The molecule has 0 aliphatic heterocycles. The number of nitrogens with zero attached hydrogens (tertiary/aromatic N) is 1. The Morgan fingerprint density at radius 2 is 2.06 bits per heavy atom. The summed E-state index contributed by atoms with van der Waals surface area (Å²) in [6, 6.07) is 6.10. The van der Waals surface area contributed by atoms with Crippen LogP contribution in [-0.4, -0.2) is 4.57 Å². The van der Waals surface area contributed by atoms with E-state index in [9.17, 15) is 8.78 Å². The molecule has 1 heterocycles. The molecule has 90 valence electrons. The number of anilines is 1. The molecule has 0 aliphatic carbocycles. The van der Waals surface area contributed by atoms with Crippen molar-refractivity contribution in [2.75, 3.05) is 5.32 Å². The van der Waals surface area contributed by atoms with Crippen LogP contribution in [0.25, 0.3) is 0 Å². The molecule has 0 amide bonds. The lowest BCUT2D eigenvalue weighted by atomic mass is 10.3. The smallest absolute Gasteiger partial charge is 0.149 e. The minimum atomic E-state index is -0.605. The zero-order valence-electron chi connectivity index (χ0n) is 9.17. The van der Waals surface area contributed by atoms with E-state index >= 15 is 0 Å². The Hall–Kier alpha value is -1.36. The zero-order valence-corrected chi connectivity index (χ0v) is 10.8. The first-order valence-corrected chi connectivity index (χ1v) is 5.86. The number of benzene rings is 1. The van der Waals surface area contributed by atoms with Crippen LogP contribution in [0.4, 0.5) is 14.5 Å². The third-order valence-electron chi connectivity index (χ3n) is 2.52. The fourth-order valence-electron chi connectivity index (χ4n) is 1.52. The van der Waals surface area contributed by atoms with Gasteiger partial charge in [-0.3, -0.25) is 0 Å². The van der Waals surface area contributed by atoms with E-state index in [-0.39, 0.29) is 10.2 Å². The van der Waals surface area contributed by atoms with Gasteiger partial charge in [0.15, 0.2) is 0 Å². The van der Waals surface area contributed by atoms with Crippen LogP contribution in [0.1, 0.15) is 5.69 Å². The number of rotatable bonds is 3. The van der Waals surface area contributed by atoms with E-state index in [2.05, 4.69) is 21.2 Å². The van der Waals surface area contributed by atoms with Crippen molar-refractivity contribution in [1.29, 1.82) is 0 Å². The van der Waals surface area contributed by atoms with Crippen LogP contribution in [0.15, 0.2) is 34.9 Å². The maximum absolute atomic E-state index is 13.4. The maximum atomic E-state index is 13.4. The van der Waals surface area contributed by atoms with Gasteiger partial charge in [0.05, 0.1) is 16.7 Å². The molecule has 1 aromatic carbocycles. The first-order valence-electron chi connectivity index (χ1n) is 5.06. The molecule has 2 aromatic rings. The summed E-state index contributed by atoms with van der Waals surface area (Å²) >= 11 is 3.03. The van der Waals surface area contributed by atoms with Gasteiger partial charge in [-0.15, -0.1) is 0 Å².